The standard InChI is InChI=1S/C14H18ClNO2/c1-16(2)12-6-5-10(9-11(12)15)14(13(17)18)7-3-4-8-14/h5-6,9H,3-4,7-8H2,1-2H3,(H,17,18). The fourth-order valence-electron chi connectivity index (χ4n) is 2.77. The molecule has 1 aliphatic rings. The van der Waals surface area contributed by atoms with Gasteiger partial charge in [0.25, 0.3) is 0 Å². The molecule has 1 N–H and O–H groups in total. The Morgan fingerprint density at radius 3 is 2.39 bits per heavy atom. The van der Waals surface area contributed by atoms with Crippen LogP contribution in [0.4, 0.5) is 5.69 Å². The van der Waals surface area contributed by atoms with Crippen molar-refractivity contribution in [2.24, 2.45) is 0 Å². The van der Waals surface area contributed by atoms with E-state index in [1.807, 2.05) is 37.2 Å². The van der Waals surface area contributed by atoms with Crippen LogP contribution in [0, 0.1) is 0 Å². The maximum absolute atomic E-state index is 11.6. The van der Waals surface area contributed by atoms with Crippen LogP contribution in [0.2, 0.25) is 5.02 Å². The zero-order valence-electron chi connectivity index (χ0n) is 10.7. The molecule has 0 heterocycles. The van der Waals surface area contributed by atoms with Crippen molar-refractivity contribution < 1.29 is 9.90 Å². The number of benzene rings is 1. The van der Waals surface area contributed by atoms with Crippen molar-refractivity contribution in [3.8, 4) is 0 Å². The Kier molecular flexibility index (Phi) is 3.53. The molecule has 0 radical (unpaired) electrons. The third kappa shape index (κ3) is 2.07. The van der Waals surface area contributed by atoms with Gasteiger partial charge in [0.05, 0.1) is 16.1 Å². The third-order valence-corrected chi connectivity index (χ3v) is 4.15. The van der Waals surface area contributed by atoms with E-state index in [-0.39, 0.29) is 0 Å². The van der Waals surface area contributed by atoms with Crippen LogP contribution >= 0.6 is 11.6 Å². The maximum atomic E-state index is 11.6. The minimum absolute atomic E-state index is 0.616. The zero-order valence-corrected chi connectivity index (χ0v) is 11.5. The van der Waals surface area contributed by atoms with E-state index in [1.165, 1.54) is 0 Å². The molecule has 1 aromatic carbocycles. The molecule has 0 bridgehead atoms. The van der Waals surface area contributed by atoms with Crippen molar-refractivity contribution >= 4 is 23.3 Å². The molecule has 3 nitrogen and oxygen atoms in total. The predicted molar refractivity (Wildman–Crippen MR) is 73.6 cm³/mol. The van der Waals surface area contributed by atoms with E-state index in [0.29, 0.717) is 17.9 Å². The smallest absolute Gasteiger partial charge is 0.314 e. The molecule has 18 heavy (non-hydrogen) atoms. The van der Waals surface area contributed by atoms with Gasteiger partial charge in [0, 0.05) is 14.1 Å². The maximum Gasteiger partial charge on any atom is 0.314 e. The number of hydrogen-bond acceptors (Lipinski definition) is 2. The summed E-state index contributed by atoms with van der Waals surface area (Å²) in [5.41, 5.74) is 1.02. The molecule has 0 unspecified atom stereocenters. The number of aliphatic carboxylic acids is 1. The van der Waals surface area contributed by atoms with E-state index in [4.69, 9.17) is 11.6 Å². The van der Waals surface area contributed by atoms with Crippen LogP contribution in [-0.2, 0) is 10.2 Å². The van der Waals surface area contributed by atoms with Gasteiger partial charge in [0.1, 0.15) is 0 Å². The van der Waals surface area contributed by atoms with Gasteiger partial charge in [-0.1, -0.05) is 30.5 Å². The van der Waals surface area contributed by atoms with Gasteiger partial charge in [-0.25, -0.2) is 0 Å². The molecular weight excluding hydrogens is 250 g/mol. The number of carbonyl (C=O) groups is 1. The van der Waals surface area contributed by atoms with Gasteiger partial charge in [-0.2, -0.15) is 0 Å². The first-order valence-electron chi connectivity index (χ1n) is 6.18. The van der Waals surface area contributed by atoms with Gasteiger partial charge in [0.2, 0.25) is 0 Å². The first-order chi connectivity index (χ1) is 8.47. The van der Waals surface area contributed by atoms with E-state index in [9.17, 15) is 9.90 Å². The highest BCUT2D eigenvalue weighted by atomic mass is 35.5. The summed E-state index contributed by atoms with van der Waals surface area (Å²) in [5.74, 6) is -0.728. The number of rotatable bonds is 3. The summed E-state index contributed by atoms with van der Waals surface area (Å²) in [5, 5.41) is 10.1. The predicted octanol–water partition coefficient (Wildman–Crippen LogP) is 3.30. The molecule has 98 valence electrons. The summed E-state index contributed by atoms with van der Waals surface area (Å²) in [6.07, 6.45) is 3.36. The van der Waals surface area contributed by atoms with Crippen LogP contribution < -0.4 is 4.90 Å². The SMILES string of the molecule is CN(C)c1ccc(C2(C(=O)O)CCCC2)cc1Cl. The Labute approximate surface area is 112 Å². The van der Waals surface area contributed by atoms with Gasteiger partial charge in [0.15, 0.2) is 0 Å². The Balaban J connectivity index is 2.44. The number of nitrogens with zero attached hydrogens (tertiary/aromatic N) is 1. The van der Waals surface area contributed by atoms with Crippen LogP contribution in [0.15, 0.2) is 18.2 Å². The zero-order chi connectivity index (χ0) is 13.3. The van der Waals surface area contributed by atoms with Crippen molar-refractivity contribution in [1.82, 2.24) is 0 Å². The summed E-state index contributed by atoms with van der Waals surface area (Å²) in [6.45, 7) is 0. The fourth-order valence-corrected chi connectivity index (χ4v) is 3.12. The molecule has 1 saturated carbocycles. The fraction of sp³-hybridized carbons (Fsp3) is 0.500. The van der Waals surface area contributed by atoms with E-state index in [2.05, 4.69) is 0 Å². The van der Waals surface area contributed by atoms with Crippen LogP contribution in [0.1, 0.15) is 31.2 Å². The number of carboxylic acids is 1. The van der Waals surface area contributed by atoms with Crippen LogP contribution in [0.3, 0.4) is 0 Å². The average molecular weight is 268 g/mol. The first kappa shape index (κ1) is 13.2. The van der Waals surface area contributed by atoms with E-state index < -0.39 is 11.4 Å². The molecule has 0 saturated heterocycles. The summed E-state index contributed by atoms with van der Waals surface area (Å²) in [4.78, 5) is 13.5. The lowest BCUT2D eigenvalue weighted by atomic mass is 9.79. The molecule has 0 atom stereocenters. The van der Waals surface area contributed by atoms with Gasteiger partial charge in [-0.15, -0.1) is 0 Å². The molecule has 0 aliphatic heterocycles. The third-order valence-electron chi connectivity index (χ3n) is 3.85. The Hall–Kier alpha value is -1.22. The van der Waals surface area contributed by atoms with E-state index in [0.717, 1.165) is 24.1 Å². The molecule has 0 spiro atoms. The number of hydrogen-bond donors (Lipinski definition) is 1. The second kappa shape index (κ2) is 4.81. The molecule has 0 aromatic heterocycles. The summed E-state index contributed by atoms with van der Waals surface area (Å²) < 4.78 is 0. The highest BCUT2D eigenvalue weighted by Gasteiger charge is 2.43. The average Bonchev–Trinajstić information content (AvgIpc) is 2.78. The topological polar surface area (TPSA) is 40.5 Å². The van der Waals surface area contributed by atoms with Gasteiger partial charge in [-0.3, -0.25) is 4.79 Å². The highest BCUT2D eigenvalue weighted by Crippen LogP contribution is 2.43. The van der Waals surface area contributed by atoms with Gasteiger partial charge in [-0.05, 0) is 30.5 Å². The van der Waals surface area contributed by atoms with Gasteiger partial charge >= 0.3 is 5.97 Å². The summed E-state index contributed by atoms with van der Waals surface area (Å²) >= 11 is 6.23. The quantitative estimate of drug-likeness (QED) is 0.913. The van der Waals surface area contributed by atoms with Crippen LogP contribution in [-0.4, -0.2) is 25.2 Å². The molecule has 1 fully saturated rings. The molecule has 2 rings (SSSR count). The lowest BCUT2D eigenvalue weighted by Crippen LogP contribution is -2.32. The lowest BCUT2D eigenvalue weighted by Gasteiger charge is -2.25. The number of halogens is 1. The van der Waals surface area contributed by atoms with Crippen molar-refractivity contribution in [3.05, 3.63) is 28.8 Å². The van der Waals surface area contributed by atoms with E-state index in [1.54, 1.807) is 0 Å². The normalized spacial score (nSPS) is 17.7. The number of anilines is 1. The minimum Gasteiger partial charge on any atom is -0.481 e. The van der Waals surface area contributed by atoms with E-state index >= 15 is 0 Å². The second-order valence-corrected chi connectivity index (χ2v) is 5.56. The second-order valence-electron chi connectivity index (χ2n) is 5.15. The Morgan fingerprint density at radius 1 is 1.33 bits per heavy atom. The largest absolute Gasteiger partial charge is 0.481 e. The Bertz CT molecular complexity index is 465. The Morgan fingerprint density at radius 2 is 1.94 bits per heavy atom. The van der Waals surface area contributed by atoms with Crippen LogP contribution in [0.5, 0.6) is 0 Å². The van der Waals surface area contributed by atoms with Crippen molar-refractivity contribution in [3.63, 3.8) is 0 Å². The van der Waals surface area contributed by atoms with Crippen molar-refractivity contribution in [2.45, 2.75) is 31.1 Å². The van der Waals surface area contributed by atoms with Crippen LogP contribution in [0.25, 0.3) is 0 Å². The summed E-state index contributed by atoms with van der Waals surface area (Å²) in [6, 6.07) is 5.62. The lowest BCUT2D eigenvalue weighted by molar-refractivity contribution is -0.143. The number of carboxylic acid groups (broad SMARTS) is 1. The minimum atomic E-state index is -0.728. The van der Waals surface area contributed by atoms with Gasteiger partial charge < -0.3 is 10.0 Å². The summed E-state index contributed by atoms with van der Waals surface area (Å²) in [7, 11) is 3.84. The monoisotopic (exact) mass is 267 g/mol. The molecule has 1 aliphatic carbocycles. The first-order valence-corrected chi connectivity index (χ1v) is 6.56. The molecule has 4 heteroatoms. The van der Waals surface area contributed by atoms with Crippen molar-refractivity contribution in [2.75, 3.05) is 19.0 Å². The van der Waals surface area contributed by atoms with Crippen molar-refractivity contribution in [1.29, 1.82) is 0 Å². The molecule has 0 amide bonds. The molecule has 1 aromatic rings. The molecular formula is C14H18ClNO2. The highest BCUT2D eigenvalue weighted by molar-refractivity contribution is 6.33.